The quantitative estimate of drug-likeness (QED) is 0.789. The molecule has 2 aliphatic heterocycles. The summed E-state index contributed by atoms with van der Waals surface area (Å²) >= 11 is 11.6. The number of hydrogen-bond donors (Lipinski definition) is 1. The fraction of sp³-hybridized carbons (Fsp3) is 0.474. The van der Waals surface area contributed by atoms with Crippen LogP contribution in [-0.2, 0) is 36.0 Å². The standard InChI is InChI=1S/C19H21ClFN3O2S/c1-23-16(8-18(25)22-13-4-5-26-10-13)17-6-11(9-24(17)19(23)27)14-7-12(20)2-3-15(14)21/h2-3,7,11,13H,4-6,8-10H2,1H3,(H,22,25)/t11-,13+/m0/s1. The van der Waals surface area contributed by atoms with Gasteiger partial charge in [0.05, 0.1) is 19.1 Å². The molecular formula is C19H21ClFN3O2S. The first-order chi connectivity index (χ1) is 12.9. The van der Waals surface area contributed by atoms with Gasteiger partial charge in [-0.25, -0.2) is 4.39 Å². The van der Waals surface area contributed by atoms with E-state index in [-0.39, 0.29) is 30.1 Å². The van der Waals surface area contributed by atoms with Crippen LogP contribution in [0.25, 0.3) is 0 Å². The van der Waals surface area contributed by atoms with E-state index in [1.54, 1.807) is 12.1 Å². The molecule has 0 unspecified atom stereocenters. The lowest BCUT2D eigenvalue weighted by atomic mass is 9.95. The van der Waals surface area contributed by atoms with Crippen molar-refractivity contribution in [3.05, 3.63) is 50.8 Å². The van der Waals surface area contributed by atoms with Crippen molar-refractivity contribution in [2.75, 3.05) is 13.2 Å². The Hall–Kier alpha value is -1.70. The number of hydrogen-bond acceptors (Lipinski definition) is 3. The summed E-state index contributed by atoms with van der Waals surface area (Å²) in [6.07, 6.45) is 1.73. The van der Waals surface area contributed by atoms with Crippen LogP contribution in [0, 0.1) is 10.6 Å². The highest BCUT2D eigenvalue weighted by Gasteiger charge is 2.31. The predicted molar refractivity (Wildman–Crippen MR) is 103 cm³/mol. The number of halogens is 2. The second-order valence-corrected chi connectivity index (χ2v) is 8.02. The Morgan fingerprint density at radius 2 is 2.30 bits per heavy atom. The zero-order valence-corrected chi connectivity index (χ0v) is 16.6. The van der Waals surface area contributed by atoms with Gasteiger partial charge in [0, 0.05) is 42.5 Å². The van der Waals surface area contributed by atoms with Gasteiger partial charge in [0.1, 0.15) is 5.82 Å². The van der Waals surface area contributed by atoms with E-state index in [2.05, 4.69) is 5.32 Å². The number of carbonyl (C=O) groups excluding carboxylic acids is 1. The van der Waals surface area contributed by atoms with Crippen molar-refractivity contribution in [2.24, 2.45) is 7.05 Å². The van der Waals surface area contributed by atoms with Gasteiger partial charge in [-0.3, -0.25) is 4.79 Å². The van der Waals surface area contributed by atoms with Crippen molar-refractivity contribution in [3.8, 4) is 0 Å². The zero-order chi connectivity index (χ0) is 19.1. The van der Waals surface area contributed by atoms with Crippen LogP contribution in [0.5, 0.6) is 0 Å². The number of benzene rings is 1. The molecule has 1 aromatic carbocycles. The topological polar surface area (TPSA) is 48.2 Å². The molecule has 1 fully saturated rings. The van der Waals surface area contributed by atoms with Gasteiger partial charge >= 0.3 is 0 Å². The van der Waals surface area contributed by atoms with E-state index in [1.165, 1.54) is 6.07 Å². The SMILES string of the molecule is Cn1c(CC(=O)N[C@@H]2CCOC2)c2n(c1=S)C[C@@H](c1cc(Cl)ccc1F)C2. The van der Waals surface area contributed by atoms with E-state index in [0.29, 0.717) is 41.5 Å². The van der Waals surface area contributed by atoms with Gasteiger partial charge in [-0.2, -0.15) is 0 Å². The van der Waals surface area contributed by atoms with Gasteiger partial charge in [-0.1, -0.05) is 11.6 Å². The highest BCUT2D eigenvalue weighted by molar-refractivity contribution is 7.71. The normalized spacial score (nSPS) is 21.4. The number of rotatable bonds is 4. The molecule has 1 saturated heterocycles. The number of nitrogens with zero attached hydrogens (tertiary/aromatic N) is 2. The van der Waals surface area contributed by atoms with Crippen LogP contribution in [0.4, 0.5) is 4.39 Å². The Labute approximate surface area is 167 Å². The van der Waals surface area contributed by atoms with Crippen LogP contribution < -0.4 is 5.32 Å². The summed E-state index contributed by atoms with van der Waals surface area (Å²) < 4.78 is 24.2. The minimum absolute atomic E-state index is 0.0355. The fourth-order valence-electron chi connectivity index (χ4n) is 4.03. The van der Waals surface area contributed by atoms with Gasteiger partial charge in [0.15, 0.2) is 4.77 Å². The van der Waals surface area contributed by atoms with E-state index < -0.39 is 0 Å². The van der Waals surface area contributed by atoms with Crippen LogP contribution in [0.2, 0.25) is 5.02 Å². The van der Waals surface area contributed by atoms with E-state index in [1.807, 2.05) is 16.2 Å². The molecule has 2 aromatic rings. The Morgan fingerprint density at radius 3 is 3.04 bits per heavy atom. The Bertz CT molecular complexity index is 949. The summed E-state index contributed by atoms with van der Waals surface area (Å²) in [6, 6.07) is 4.72. The smallest absolute Gasteiger partial charge is 0.226 e. The number of imidazole rings is 1. The molecule has 0 saturated carbocycles. The maximum Gasteiger partial charge on any atom is 0.226 e. The van der Waals surface area contributed by atoms with Crippen molar-refractivity contribution in [2.45, 2.75) is 37.8 Å². The maximum absolute atomic E-state index is 14.3. The lowest BCUT2D eigenvalue weighted by molar-refractivity contribution is -0.121. The fourth-order valence-corrected chi connectivity index (χ4v) is 4.51. The van der Waals surface area contributed by atoms with Crippen LogP contribution in [-0.4, -0.2) is 34.3 Å². The number of ether oxygens (including phenoxy) is 1. The Kier molecular flexibility index (Phi) is 5.09. The summed E-state index contributed by atoms with van der Waals surface area (Å²) in [6.45, 7) is 1.84. The number of amides is 1. The summed E-state index contributed by atoms with van der Waals surface area (Å²) in [4.78, 5) is 12.5. The van der Waals surface area contributed by atoms with Gasteiger partial charge in [0.25, 0.3) is 0 Å². The molecule has 1 N–H and O–H groups in total. The van der Waals surface area contributed by atoms with E-state index in [9.17, 15) is 9.18 Å². The third-order valence-electron chi connectivity index (χ3n) is 5.45. The van der Waals surface area contributed by atoms with E-state index >= 15 is 0 Å². The number of aromatic nitrogens is 2. The molecule has 8 heteroatoms. The van der Waals surface area contributed by atoms with Crippen molar-refractivity contribution in [1.29, 1.82) is 0 Å². The summed E-state index contributed by atoms with van der Waals surface area (Å²) in [5.41, 5.74) is 2.49. The molecule has 1 amide bonds. The monoisotopic (exact) mass is 409 g/mol. The zero-order valence-electron chi connectivity index (χ0n) is 15.0. The van der Waals surface area contributed by atoms with E-state index in [0.717, 1.165) is 17.8 Å². The molecule has 1 aromatic heterocycles. The van der Waals surface area contributed by atoms with Crippen molar-refractivity contribution >= 4 is 29.7 Å². The minimum atomic E-state index is -0.258. The third kappa shape index (κ3) is 3.56. The molecule has 0 radical (unpaired) electrons. The minimum Gasteiger partial charge on any atom is -0.379 e. The lowest BCUT2D eigenvalue weighted by Crippen LogP contribution is -2.36. The highest BCUT2D eigenvalue weighted by Crippen LogP contribution is 2.35. The molecule has 5 nitrogen and oxygen atoms in total. The molecule has 2 atom stereocenters. The molecular weight excluding hydrogens is 389 g/mol. The first-order valence-corrected chi connectivity index (χ1v) is 9.82. The van der Waals surface area contributed by atoms with Gasteiger partial charge in [0.2, 0.25) is 5.91 Å². The predicted octanol–water partition coefficient (Wildman–Crippen LogP) is 3.14. The Morgan fingerprint density at radius 1 is 1.48 bits per heavy atom. The van der Waals surface area contributed by atoms with Crippen LogP contribution in [0.1, 0.15) is 29.3 Å². The van der Waals surface area contributed by atoms with Crippen molar-refractivity contribution in [1.82, 2.24) is 14.5 Å². The van der Waals surface area contributed by atoms with Crippen LogP contribution >= 0.6 is 23.8 Å². The molecule has 144 valence electrons. The van der Waals surface area contributed by atoms with Crippen molar-refractivity contribution in [3.63, 3.8) is 0 Å². The second kappa shape index (κ2) is 7.37. The molecule has 4 rings (SSSR count). The summed E-state index contributed by atoms with van der Waals surface area (Å²) in [5, 5.41) is 3.54. The highest BCUT2D eigenvalue weighted by atomic mass is 35.5. The van der Waals surface area contributed by atoms with Gasteiger partial charge in [-0.15, -0.1) is 0 Å². The number of fused-ring (bicyclic) bond motifs is 1. The van der Waals surface area contributed by atoms with Crippen LogP contribution in [0.3, 0.4) is 0 Å². The summed E-state index contributed by atoms with van der Waals surface area (Å²) in [7, 11) is 1.88. The molecule has 3 heterocycles. The third-order valence-corrected chi connectivity index (χ3v) is 6.17. The second-order valence-electron chi connectivity index (χ2n) is 7.22. The molecule has 0 spiro atoms. The van der Waals surface area contributed by atoms with E-state index in [4.69, 9.17) is 28.6 Å². The Balaban J connectivity index is 1.57. The first-order valence-electron chi connectivity index (χ1n) is 9.03. The molecule has 0 aliphatic carbocycles. The first kappa shape index (κ1) is 18.7. The molecule has 27 heavy (non-hydrogen) atoms. The molecule has 2 aliphatic rings. The van der Waals surface area contributed by atoms with Gasteiger partial charge < -0.3 is 19.2 Å². The number of nitrogens with one attached hydrogen (secondary N) is 1. The van der Waals surface area contributed by atoms with Crippen LogP contribution in [0.15, 0.2) is 18.2 Å². The maximum atomic E-state index is 14.3. The average molecular weight is 410 g/mol. The largest absolute Gasteiger partial charge is 0.379 e. The average Bonchev–Trinajstić information content (AvgIpc) is 3.33. The van der Waals surface area contributed by atoms with Crippen molar-refractivity contribution < 1.29 is 13.9 Å². The summed E-state index contributed by atoms with van der Waals surface area (Å²) in [5.74, 6) is -0.334. The number of carbonyl (C=O) groups is 1. The van der Waals surface area contributed by atoms with Gasteiger partial charge in [-0.05, 0) is 48.8 Å². The lowest BCUT2D eigenvalue weighted by Gasteiger charge is -2.13. The molecule has 0 bridgehead atoms.